The number of nitrogens with zero attached hydrogens (tertiary/aromatic N) is 1. The van der Waals surface area contributed by atoms with Crippen molar-refractivity contribution in [2.24, 2.45) is 0 Å². The van der Waals surface area contributed by atoms with E-state index in [1.54, 1.807) is 30.3 Å². The van der Waals surface area contributed by atoms with Crippen LogP contribution in [0.5, 0.6) is 17.2 Å². The van der Waals surface area contributed by atoms with Crippen molar-refractivity contribution in [1.29, 1.82) is 0 Å². The fourth-order valence-electron chi connectivity index (χ4n) is 2.68. The Balaban J connectivity index is 1.96. The molecule has 144 valence electrons. The van der Waals surface area contributed by atoms with Gasteiger partial charge in [0.15, 0.2) is 0 Å². The van der Waals surface area contributed by atoms with Crippen molar-refractivity contribution in [3.05, 3.63) is 53.6 Å². The maximum absolute atomic E-state index is 12.8. The number of phenolic OH excluding ortho intramolecular Hbond substituents is 1. The summed E-state index contributed by atoms with van der Waals surface area (Å²) < 4.78 is 10.4. The molecule has 0 bridgehead atoms. The van der Waals surface area contributed by atoms with E-state index in [-0.39, 0.29) is 22.6 Å². The van der Waals surface area contributed by atoms with Crippen LogP contribution in [0.1, 0.15) is 12.5 Å². The highest BCUT2D eigenvalue weighted by Crippen LogP contribution is 2.28. The SMILES string of the molecule is CCOc1ccc(N2C(=O)NC(=O)/C(=C\c3ccc(OC)cc3O)C2=O)cc1. The zero-order valence-electron chi connectivity index (χ0n) is 15.3. The predicted molar refractivity (Wildman–Crippen MR) is 101 cm³/mol. The monoisotopic (exact) mass is 382 g/mol. The third kappa shape index (κ3) is 3.66. The van der Waals surface area contributed by atoms with Gasteiger partial charge in [0.1, 0.15) is 22.8 Å². The molecule has 1 aliphatic rings. The smallest absolute Gasteiger partial charge is 0.335 e. The van der Waals surface area contributed by atoms with Gasteiger partial charge in [-0.05, 0) is 49.4 Å². The fourth-order valence-corrected chi connectivity index (χ4v) is 2.68. The molecular formula is C20H18N2O6. The summed E-state index contributed by atoms with van der Waals surface area (Å²) in [5, 5.41) is 12.2. The Bertz CT molecular complexity index is 965. The van der Waals surface area contributed by atoms with E-state index >= 15 is 0 Å². The molecule has 0 radical (unpaired) electrons. The molecule has 28 heavy (non-hydrogen) atoms. The molecule has 1 heterocycles. The second-order valence-electron chi connectivity index (χ2n) is 5.81. The highest BCUT2D eigenvalue weighted by Gasteiger charge is 2.36. The predicted octanol–water partition coefficient (Wildman–Crippen LogP) is 2.47. The van der Waals surface area contributed by atoms with Crippen molar-refractivity contribution >= 4 is 29.6 Å². The molecule has 2 N–H and O–H groups in total. The molecule has 1 aliphatic heterocycles. The first-order valence-corrected chi connectivity index (χ1v) is 8.46. The Morgan fingerprint density at radius 2 is 1.75 bits per heavy atom. The molecule has 0 unspecified atom stereocenters. The third-order valence-electron chi connectivity index (χ3n) is 4.05. The first-order chi connectivity index (χ1) is 13.4. The fraction of sp³-hybridized carbons (Fsp3) is 0.150. The molecule has 4 amide bonds. The molecule has 0 aliphatic carbocycles. The minimum Gasteiger partial charge on any atom is -0.507 e. The van der Waals surface area contributed by atoms with E-state index in [1.165, 1.54) is 25.3 Å². The van der Waals surface area contributed by atoms with E-state index in [9.17, 15) is 19.5 Å². The van der Waals surface area contributed by atoms with Gasteiger partial charge in [-0.25, -0.2) is 9.69 Å². The molecule has 1 saturated heterocycles. The van der Waals surface area contributed by atoms with Crippen molar-refractivity contribution in [2.45, 2.75) is 6.92 Å². The zero-order chi connectivity index (χ0) is 20.3. The first kappa shape index (κ1) is 19.0. The number of amides is 4. The van der Waals surface area contributed by atoms with Gasteiger partial charge in [-0.2, -0.15) is 0 Å². The summed E-state index contributed by atoms with van der Waals surface area (Å²) in [6.07, 6.45) is 1.22. The lowest BCUT2D eigenvalue weighted by molar-refractivity contribution is -0.122. The summed E-state index contributed by atoms with van der Waals surface area (Å²) in [6.45, 7) is 2.32. The van der Waals surface area contributed by atoms with Crippen LogP contribution >= 0.6 is 0 Å². The Kier molecular flexibility index (Phi) is 5.30. The Morgan fingerprint density at radius 1 is 1.07 bits per heavy atom. The maximum atomic E-state index is 12.8. The van der Waals surface area contributed by atoms with Crippen LogP contribution in [0.2, 0.25) is 0 Å². The van der Waals surface area contributed by atoms with Gasteiger partial charge < -0.3 is 14.6 Å². The number of nitrogens with one attached hydrogen (secondary N) is 1. The quantitative estimate of drug-likeness (QED) is 0.608. The molecule has 0 saturated carbocycles. The van der Waals surface area contributed by atoms with E-state index in [1.807, 2.05) is 6.92 Å². The van der Waals surface area contributed by atoms with Crippen LogP contribution in [0, 0.1) is 0 Å². The first-order valence-electron chi connectivity index (χ1n) is 8.46. The molecule has 2 aromatic carbocycles. The molecule has 1 fully saturated rings. The number of aromatic hydroxyl groups is 1. The van der Waals surface area contributed by atoms with Crippen molar-refractivity contribution in [1.82, 2.24) is 5.32 Å². The van der Waals surface area contributed by atoms with Crippen molar-refractivity contribution < 1.29 is 29.0 Å². The second-order valence-corrected chi connectivity index (χ2v) is 5.81. The van der Waals surface area contributed by atoms with Crippen LogP contribution in [-0.4, -0.2) is 36.7 Å². The largest absolute Gasteiger partial charge is 0.507 e. The van der Waals surface area contributed by atoms with Crippen LogP contribution < -0.4 is 19.7 Å². The molecule has 8 nitrogen and oxygen atoms in total. The van der Waals surface area contributed by atoms with E-state index in [0.29, 0.717) is 18.1 Å². The van der Waals surface area contributed by atoms with E-state index in [2.05, 4.69) is 5.32 Å². The van der Waals surface area contributed by atoms with Gasteiger partial charge in [-0.1, -0.05) is 0 Å². The minimum atomic E-state index is -0.852. The van der Waals surface area contributed by atoms with Crippen LogP contribution in [0.3, 0.4) is 0 Å². The van der Waals surface area contributed by atoms with Crippen LogP contribution in [-0.2, 0) is 9.59 Å². The summed E-state index contributed by atoms with van der Waals surface area (Å²) in [7, 11) is 1.45. The maximum Gasteiger partial charge on any atom is 0.335 e. The zero-order valence-corrected chi connectivity index (χ0v) is 15.3. The van der Waals surface area contributed by atoms with Crippen LogP contribution in [0.4, 0.5) is 10.5 Å². The van der Waals surface area contributed by atoms with Gasteiger partial charge >= 0.3 is 6.03 Å². The van der Waals surface area contributed by atoms with Crippen molar-refractivity contribution in [3.63, 3.8) is 0 Å². The van der Waals surface area contributed by atoms with Crippen LogP contribution in [0.15, 0.2) is 48.0 Å². The van der Waals surface area contributed by atoms with Gasteiger partial charge in [-0.3, -0.25) is 14.9 Å². The molecule has 0 aromatic heterocycles. The lowest BCUT2D eigenvalue weighted by Crippen LogP contribution is -2.54. The summed E-state index contributed by atoms with van der Waals surface area (Å²) in [5.74, 6) is -0.797. The molecule has 3 rings (SSSR count). The van der Waals surface area contributed by atoms with Gasteiger partial charge in [0.2, 0.25) is 0 Å². The van der Waals surface area contributed by atoms with Gasteiger partial charge in [0.25, 0.3) is 11.8 Å². The number of barbiturate groups is 1. The molecule has 8 heteroatoms. The van der Waals surface area contributed by atoms with Gasteiger partial charge in [0, 0.05) is 11.6 Å². The van der Waals surface area contributed by atoms with E-state index < -0.39 is 17.8 Å². The number of rotatable bonds is 5. The average Bonchev–Trinajstić information content (AvgIpc) is 2.67. The number of hydrogen-bond donors (Lipinski definition) is 2. The van der Waals surface area contributed by atoms with Gasteiger partial charge in [-0.15, -0.1) is 0 Å². The standard InChI is InChI=1S/C20H18N2O6/c1-3-28-14-8-5-13(6-9-14)22-19(25)16(18(24)21-20(22)26)10-12-4-7-15(27-2)11-17(12)23/h4-11,23H,3H2,1-2H3,(H,21,24,26)/b16-10+. The molecule has 2 aromatic rings. The van der Waals surface area contributed by atoms with Crippen molar-refractivity contribution in [2.75, 3.05) is 18.6 Å². The molecular weight excluding hydrogens is 364 g/mol. The third-order valence-corrected chi connectivity index (χ3v) is 4.05. The number of ether oxygens (including phenoxy) is 2. The number of carbonyl (C=O) groups excluding carboxylic acids is 3. The Hall–Kier alpha value is -3.81. The van der Waals surface area contributed by atoms with E-state index in [4.69, 9.17) is 9.47 Å². The number of benzene rings is 2. The summed E-state index contributed by atoms with van der Waals surface area (Å²) >= 11 is 0. The highest BCUT2D eigenvalue weighted by molar-refractivity contribution is 6.39. The number of imide groups is 2. The number of carbonyl (C=O) groups is 3. The number of methoxy groups -OCH3 is 1. The number of anilines is 1. The summed E-state index contributed by atoms with van der Waals surface area (Å²) in [6, 6.07) is 9.90. The average molecular weight is 382 g/mol. The molecule has 0 atom stereocenters. The lowest BCUT2D eigenvalue weighted by Gasteiger charge is -2.26. The van der Waals surface area contributed by atoms with Crippen molar-refractivity contribution in [3.8, 4) is 17.2 Å². The normalized spacial score (nSPS) is 15.6. The summed E-state index contributed by atoms with van der Waals surface area (Å²) in [4.78, 5) is 38.1. The van der Waals surface area contributed by atoms with Crippen LogP contribution in [0.25, 0.3) is 6.08 Å². The lowest BCUT2D eigenvalue weighted by atomic mass is 10.1. The topological polar surface area (TPSA) is 105 Å². The number of phenols is 1. The minimum absolute atomic E-state index is 0.169. The second kappa shape index (κ2) is 7.83. The highest BCUT2D eigenvalue weighted by atomic mass is 16.5. The summed E-state index contributed by atoms with van der Waals surface area (Å²) in [5.41, 5.74) is 0.234. The van der Waals surface area contributed by atoms with E-state index in [0.717, 1.165) is 4.90 Å². The Labute approximate surface area is 161 Å². The Morgan fingerprint density at radius 3 is 2.36 bits per heavy atom. The molecule has 0 spiro atoms. The number of urea groups is 1. The number of hydrogen-bond acceptors (Lipinski definition) is 6. The van der Waals surface area contributed by atoms with Gasteiger partial charge in [0.05, 0.1) is 19.4 Å².